The fourth-order valence-corrected chi connectivity index (χ4v) is 4.02. The van der Waals surface area contributed by atoms with Gasteiger partial charge in [-0.1, -0.05) is 0 Å². The number of carbonyl (C=O) groups is 1. The quantitative estimate of drug-likeness (QED) is 0.798. The predicted octanol–water partition coefficient (Wildman–Crippen LogP) is 0.535. The van der Waals surface area contributed by atoms with Crippen LogP contribution in [-0.2, 0) is 21.1 Å². The van der Waals surface area contributed by atoms with Crippen molar-refractivity contribution >= 4 is 15.8 Å². The average Bonchev–Trinajstić information content (AvgIpc) is 2.78. The normalized spacial score (nSPS) is 20.8. The average molecular weight is 298 g/mol. The summed E-state index contributed by atoms with van der Waals surface area (Å²) >= 11 is 0. The molecule has 0 radical (unpaired) electrons. The molecule has 2 rings (SSSR count). The number of methoxy groups -OCH3 is 1. The number of carbonyl (C=O) groups excluding carboxylic acids is 1. The minimum absolute atomic E-state index is 0.281. The third kappa shape index (κ3) is 3.55. The van der Waals surface area contributed by atoms with Crippen LogP contribution in [0, 0.1) is 0 Å². The highest BCUT2D eigenvalue weighted by molar-refractivity contribution is 7.92. The van der Waals surface area contributed by atoms with Crippen molar-refractivity contribution in [2.75, 3.05) is 19.4 Å². The van der Waals surface area contributed by atoms with Crippen molar-refractivity contribution < 1.29 is 17.9 Å². The maximum absolute atomic E-state index is 11.6. The number of sulfone groups is 1. The number of hydrogen-bond acceptors (Lipinski definition) is 6. The van der Waals surface area contributed by atoms with Crippen molar-refractivity contribution in [3.05, 3.63) is 29.6 Å². The van der Waals surface area contributed by atoms with Crippen LogP contribution < -0.4 is 5.32 Å². The van der Waals surface area contributed by atoms with E-state index < -0.39 is 15.8 Å². The third-order valence-electron chi connectivity index (χ3n) is 3.39. The van der Waals surface area contributed by atoms with Crippen molar-refractivity contribution in [1.29, 1.82) is 0 Å². The Morgan fingerprint density at radius 3 is 2.85 bits per heavy atom. The van der Waals surface area contributed by atoms with Gasteiger partial charge in [0.25, 0.3) is 0 Å². The SMILES string of the molecule is COC(=O)c1ccc(CNCC2CCCS2(=O)=O)nc1. The van der Waals surface area contributed by atoms with E-state index >= 15 is 0 Å². The molecule has 0 spiro atoms. The van der Waals surface area contributed by atoms with Crippen LogP contribution in [0.3, 0.4) is 0 Å². The second kappa shape index (κ2) is 6.32. The van der Waals surface area contributed by atoms with Crippen molar-refractivity contribution in [1.82, 2.24) is 10.3 Å². The Morgan fingerprint density at radius 2 is 2.30 bits per heavy atom. The van der Waals surface area contributed by atoms with E-state index in [1.54, 1.807) is 12.1 Å². The highest BCUT2D eigenvalue weighted by atomic mass is 32.2. The molecule has 1 aliphatic heterocycles. The molecule has 0 bridgehead atoms. The Hall–Kier alpha value is -1.47. The van der Waals surface area contributed by atoms with Gasteiger partial charge in [0, 0.05) is 19.3 Å². The molecule has 6 nitrogen and oxygen atoms in total. The summed E-state index contributed by atoms with van der Waals surface area (Å²) in [7, 11) is -1.59. The number of hydrogen-bond donors (Lipinski definition) is 1. The molecular formula is C13H18N2O4S. The summed E-state index contributed by atoms with van der Waals surface area (Å²) in [6.45, 7) is 0.927. The van der Waals surface area contributed by atoms with Gasteiger partial charge in [0.05, 0.1) is 29.4 Å². The lowest BCUT2D eigenvalue weighted by molar-refractivity contribution is 0.0600. The number of aromatic nitrogens is 1. The number of rotatable bonds is 5. The third-order valence-corrected chi connectivity index (χ3v) is 5.66. The molecule has 1 N–H and O–H groups in total. The first-order valence-electron chi connectivity index (χ1n) is 6.48. The van der Waals surface area contributed by atoms with E-state index in [9.17, 15) is 13.2 Å². The number of nitrogens with zero attached hydrogens (tertiary/aromatic N) is 1. The van der Waals surface area contributed by atoms with Crippen LogP contribution in [0.15, 0.2) is 18.3 Å². The second-order valence-corrected chi connectivity index (χ2v) is 7.19. The van der Waals surface area contributed by atoms with Crippen molar-refractivity contribution in [2.24, 2.45) is 0 Å². The van der Waals surface area contributed by atoms with Gasteiger partial charge in [-0.2, -0.15) is 0 Å². The lowest BCUT2D eigenvalue weighted by Gasteiger charge is -2.10. The lowest BCUT2D eigenvalue weighted by atomic mass is 10.2. The largest absolute Gasteiger partial charge is 0.465 e. The molecule has 0 saturated carbocycles. The topological polar surface area (TPSA) is 85.4 Å². The lowest BCUT2D eigenvalue weighted by Crippen LogP contribution is -2.30. The molecule has 1 atom stereocenters. The summed E-state index contributed by atoms with van der Waals surface area (Å²) in [6.07, 6.45) is 2.93. The zero-order valence-electron chi connectivity index (χ0n) is 11.3. The minimum atomic E-state index is -2.91. The van der Waals surface area contributed by atoms with E-state index in [1.165, 1.54) is 13.3 Å². The predicted molar refractivity (Wildman–Crippen MR) is 74.1 cm³/mol. The molecule has 20 heavy (non-hydrogen) atoms. The van der Waals surface area contributed by atoms with E-state index in [0.29, 0.717) is 24.4 Å². The van der Waals surface area contributed by atoms with Gasteiger partial charge < -0.3 is 10.1 Å². The van der Waals surface area contributed by atoms with E-state index in [4.69, 9.17) is 0 Å². The number of pyridine rings is 1. The molecule has 1 fully saturated rings. The maximum atomic E-state index is 11.6. The number of ether oxygens (including phenoxy) is 1. The summed E-state index contributed by atoms with van der Waals surface area (Å²) in [4.78, 5) is 15.4. The van der Waals surface area contributed by atoms with Crippen LogP contribution in [0.1, 0.15) is 28.9 Å². The molecule has 0 aliphatic carbocycles. The number of nitrogens with one attached hydrogen (secondary N) is 1. The van der Waals surface area contributed by atoms with Crippen molar-refractivity contribution in [3.63, 3.8) is 0 Å². The zero-order chi connectivity index (χ0) is 14.6. The van der Waals surface area contributed by atoms with Gasteiger partial charge in [0.1, 0.15) is 0 Å². The van der Waals surface area contributed by atoms with Crippen LogP contribution in [-0.4, -0.2) is 44.0 Å². The van der Waals surface area contributed by atoms with Crippen LogP contribution in [0.5, 0.6) is 0 Å². The minimum Gasteiger partial charge on any atom is -0.465 e. The van der Waals surface area contributed by atoms with Gasteiger partial charge in [0.15, 0.2) is 9.84 Å². The van der Waals surface area contributed by atoms with E-state index in [2.05, 4.69) is 15.0 Å². The van der Waals surface area contributed by atoms with Gasteiger partial charge in [-0.3, -0.25) is 4.98 Å². The summed E-state index contributed by atoms with van der Waals surface area (Å²) in [5, 5.41) is 2.82. The standard InChI is InChI=1S/C13H18N2O4S/c1-19-13(16)10-4-5-11(15-7-10)8-14-9-12-3-2-6-20(12,17)18/h4-5,7,12,14H,2-3,6,8-9H2,1H3. The summed E-state index contributed by atoms with van der Waals surface area (Å²) in [5.74, 6) is -0.125. The fourth-order valence-electron chi connectivity index (χ4n) is 2.22. The highest BCUT2D eigenvalue weighted by Crippen LogP contribution is 2.19. The van der Waals surface area contributed by atoms with Gasteiger partial charge in [0.2, 0.25) is 0 Å². The smallest absolute Gasteiger partial charge is 0.339 e. The van der Waals surface area contributed by atoms with Crippen LogP contribution in [0.4, 0.5) is 0 Å². The van der Waals surface area contributed by atoms with E-state index in [0.717, 1.165) is 18.5 Å². The zero-order valence-corrected chi connectivity index (χ0v) is 12.1. The van der Waals surface area contributed by atoms with Crippen LogP contribution in [0.2, 0.25) is 0 Å². The van der Waals surface area contributed by atoms with Crippen LogP contribution in [0.25, 0.3) is 0 Å². The Morgan fingerprint density at radius 1 is 1.50 bits per heavy atom. The van der Waals surface area contributed by atoms with Gasteiger partial charge in [-0.25, -0.2) is 13.2 Å². The van der Waals surface area contributed by atoms with Crippen molar-refractivity contribution in [2.45, 2.75) is 24.6 Å². The first-order valence-corrected chi connectivity index (χ1v) is 8.20. The first-order chi connectivity index (χ1) is 9.53. The molecule has 1 aromatic heterocycles. The maximum Gasteiger partial charge on any atom is 0.339 e. The number of esters is 1. The molecular weight excluding hydrogens is 280 g/mol. The Bertz CT molecular complexity index is 569. The second-order valence-electron chi connectivity index (χ2n) is 4.79. The van der Waals surface area contributed by atoms with Crippen LogP contribution >= 0.6 is 0 Å². The summed E-state index contributed by atoms with van der Waals surface area (Å²) < 4.78 is 27.9. The Labute approximate surface area is 118 Å². The van der Waals surface area contributed by atoms with E-state index in [1.807, 2.05) is 0 Å². The molecule has 1 aliphatic rings. The summed E-state index contributed by atoms with van der Waals surface area (Å²) in [5.41, 5.74) is 1.16. The molecule has 7 heteroatoms. The van der Waals surface area contributed by atoms with Gasteiger partial charge in [-0.15, -0.1) is 0 Å². The van der Waals surface area contributed by atoms with E-state index in [-0.39, 0.29) is 5.25 Å². The van der Waals surface area contributed by atoms with Crippen molar-refractivity contribution in [3.8, 4) is 0 Å². The Balaban J connectivity index is 1.84. The molecule has 1 unspecified atom stereocenters. The first kappa shape index (κ1) is 14.9. The highest BCUT2D eigenvalue weighted by Gasteiger charge is 2.30. The molecule has 1 saturated heterocycles. The van der Waals surface area contributed by atoms with Gasteiger partial charge in [-0.05, 0) is 25.0 Å². The molecule has 110 valence electrons. The fraction of sp³-hybridized carbons (Fsp3) is 0.538. The van der Waals surface area contributed by atoms with Gasteiger partial charge >= 0.3 is 5.97 Å². The Kier molecular flexibility index (Phi) is 4.72. The molecule has 2 heterocycles. The molecule has 1 aromatic rings. The molecule has 0 aromatic carbocycles. The molecule has 0 amide bonds. The monoisotopic (exact) mass is 298 g/mol. The summed E-state index contributed by atoms with van der Waals surface area (Å²) in [6, 6.07) is 3.37.